The fourth-order valence-electron chi connectivity index (χ4n) is 2.29. The van der Waals surface area contributed by atoms with Crippen LogP contribution < -0.4 is 0 Å². The Morgan fingerprint density at radius 2 is 2.13 bits per heavy atom. The average Bonchev–Trinajstić information content (AvgIpc) is 2.91. The van der Waals surface area contributed by atoms with Crippen LogP contribution in [0.4, 0.5) is 0 Å². The summed E-state index contributed by atoms with van der Waals surface area (Å²) in [6.45, 7) is 6.20. The van der Waals surface area contributed by atoms with E-state index in [4.69, 9.17) is 0 Å². The van der Waals surface area contributed by atoms with Gasteiger partial charge in [0.1, 0.15) is 0 Å². The zero-order chi connectivity index (χ0) is 10.8. The molecule has 1 saturated heterocycles. The topological polar surface area (TPSA) is 20.3 Å². The maximum atomic E-state index is 11.9. The highest BCUT2D eigenvalue weighted by Gasteiger charge is 2.31. The van der Waals surface area contributed by atoms with Crippen LogP contribution in [0.1, 0.15) is 39.5 Å². The van der Waals surface area contributed by atoms with Crippen molar-refractivity contribution in [3.05, 3.63) is 11.6 Å². The Morgan fingerprint density at radius 3 is 2.73 bits per heavy atom. The Balaban J connectivity index is 1.83. The van der Waals surface area contributed by atoms with Gasteiger partial charge < -0.3 is 4.90 Å². The van der Waals surface area contributed by atoms with Gasteiger partial charge in [0.05, 0.1) is 0 Å². The van der Waals surface area contributed by atoms with Crippen molar-refractivity contribution in [1.82, 2.24) is 4.90 Å². The van der Waals surface area contributed by atoms with Gasteiger partial charge in [-0.1, -0.05) is 11.6 Å². The molecule has 2 aliphatic rings. The van der Waals surface area contributed by atoms with E-state index in [0.717, 1.165) is 31.8 Å². The molecule has 15 heavy (non-hydrogen) atoms. The molecule has 1 aliphatic carbocycles. The van der Waals surface area contributed by atoms with Crippen LogP contribution in [-0.2, 0) is 4.79 Å². The van der Waals surface area contributed by atoms with Crippen molar-refractivity contribution >= 4 is 5.91 Å². The van der Waals surface area contributed by atoms with E-state index in [0.29, 0.717) is 11.8 Å². The van der Waals surface area contributed by atoms with E-state index in [2.05, 4.69) is 24.8 Å². The van der Waals surface area contributed by atoms with Crippen LogP contribution in [0, 0.1) is 11.8 Å². The third kappa shape index (κ3) is 2.61. The molecule has 2 rings (SSSR count). The summed E-state index contributed by atoms with van der Waals surface area (Å²) < 4.78 is 0. The molecule has 1 heterocycles. The van der Waals surface area contributed by atoms with E-state index >= 15 is 0 Å². The van der Waals surface area contributed by atoms with E-state index in [1.807, 2.05) is 0 Å². The molecule has 0 aromatic rings. The second-order valence-electron chi connectivity index (χ2n) is 5.01. The molecule has 0 radical (unpaired) electrons. The summed E-state index contributed by atoms with van der Waals surface area (Å²) in [5, 5.41) is 0. The van der Waals surface area contributed by atoms with E-state index in [1.54, 1.807) is 0 Å². The fourth-order valence-corrected chi connectivity index (χ4v) is 2.29. The van der Waals surface area contributed by atoms with Crippen LogP contribution in [0.2, 0.25) is 0 Å². The molecule has 0 aromatic carbocycles. The van der Waals surface area contributed by atoms with Gasteiger partial charge in [0, 0.05) is 19.5 Å². The van der Waals surface area contributed by atoms with Crippen molar-refractivity contribution in [2.45, 2.75) is 39.5 Å². The van der Waals surface area contributed by atoms with Gasteiger partial charge in [0.15, 0.2) is 0 Å². The molecule has 84 valence electrons. The number of carbonyl (C=O) groups is 1. The van der Waals surface area contributed by atoms with Crippen LogP contribution in [0.25, 0.3) is 0 Å². The van der Waals surface area contributed by atoms with Crippen molar-refractivity contribution in [3.8, 4) is 0 Å². The van der Waals surface area contributed by atoms with Crippen molar-refractivity contribution in [2.24, 2.45) is 11.8 Å². The molecule has 0 aromatic heterocycles. The maximum absolute atomic E-state index is 11.9. The summed E-state index contributed by atoms with van der Waals surface area (Å²) in [7, 11) is 0. The van der Waals surface area contributed by atoms with Gasteiger partial charge in [-0.15, -0.1) is 0 Å². The number of allylic oxidation sites excluding steroid dienone is 1. The van der Waals surface area contributed by atoms with Gasteiger partial charge in [-0.05, 0) is 44.9 Å². The third-order valence-corrected chi connectivity index (χ3v) is 3.80. The van der Waals surface area contributed by atoms with Crippen LogP contribution in [0.3, 0.4) is 0 Å². The highest BCUT2D eigenvalue weighted by Crippen LogP contribution is 2.34. The van der Waals surface area contributed by atoms with Crippen LogP contribution >= 0.6 is 0 Å². The summed E-state index contributed by atoms with van der Waals surface area (Å²) in [4.78, 5) is 13.9. The molecule has 1 atom stereocenters. The molecular formula is C13H21NO. The van der Waals surface area contributed by atoms with Gasteiger partial charge >= 0.3 is 0 Å². The van der Waals surface area contributed by atoms with E-state index in [1.165, 1.54) is 18.4 Å². The Hall–Kier alpha value is -0.790. The lowest BCUT2D eigenvalue weighted by molar-refractivity contribution is -0.130. The fraction of sp³-hybridized carbons (Fsp3) is 0.769. The lowest BCUT2D eigenvalue weighted by atomic mass is 10.00. The number of rotatable bonds is 3. The molecule has 1 amide bonds. The largest absolute Gasteiger partial charge is 0.342 e. The first-order chi connectivity index (χ1) is 7.20. The first kappa shape index (κ1) is 10.7. The number of nitrogens with zero attached hydrogens (tertiary/aromatic N) is 1. The minimum atomic E-state index is 0.393. The van der Waals surface area contributed by atoms with Crippen molar-refractivity contribution in [2.75, 3.05) is 13.1 Å². The molecule has 1 unspecified atom stereocenters. The van der Waals surface area contributed by atoms with Gasteiger partial charge in [-0.2, -0.15) is 0 Å². The zero-order valence-electron chi connectivity index (χ0n) is 9.83. The normalized spacial score (nSPS) is 27.2. The molecular weight excluding hydrogens is 186 g/mol. The molecule has 0 N–H and O–H groups in total. The van der Waals surface area contributed by atoms with Gasteiger partial charge in [-0.3, -0.25) is 4.79 Å². The van der Waals surface area contributed by atoms with Crippen molar-refractivity contribution in [1.29, 1.82) is 0 Å². The SMILES string of the molecule is C/C=C(\C)C1CCN(C(=O)CC2CC2)C1. The highest BCUT2D eigenvalue weighted by atomic mass is 16.2. The number of hydrogen-bond acceptors (Lipinski definition) is 1. The molecule has 0 spiro atoms. The second-order valence-corrected chi connectivity index (χ2v) is 5.01. The minimum absolute atomic E-state index is 0.393. The van der Waals surface area contributed by atoms with E-state index in [-0.39, 0.29) is 0 Å². The summed E-state index contributed by atoms with van der Waals surface area (Å²) in [5.41, 5.74) is 1.44. The lowest BCUT2D eigenvalue weighted by Crippen LogP contribution is -2.28. The zero-order valence-corrected chi connectivity index (χ0v) is 9.83. The molecule has 2 fully saturated rings. The predicted octanol–water partition coefficient (Wildman–Crippen LogP) is 2.60. The molecule has 2 nitrogen and oxygen atoms in total. The average molecular weight is 207 g/mol. The molecule has 0 bridgehead atoms. The van der Waals surface area contributed by atoms with Crippen LogP contribution in [0.15, 0.2) is 11.6 Å². The van der Waals surface area contributed by atoms with Crippen molar-refractivity contribution < 1.29 is 4.79 Å². The van der Waals surface area contributed by atoms with Gasteiger partial charge in [0.2, 0.25) is 5.91 Å². The monoisotopic (exact) mass is 207 g/mol. The third-order valence-electron chi connectivity index (χ3n) is 3.80. The Labute approximate surface area is 92.3 Å². The Kier molecular flexibility index (Phi) is 3.13. The highest BCUT2D eigenvalue weighted by molar-refractivity contribution is 5.77. The Morgan fingerprint density at radius 1 is 1.40 bits per heavy atom. The molecule has 2 heteroatoms. The molecule has 1 aliphatic heterocycles. The number of hydrogen-bond donors (Lipinski definition) is 0. The van der Waals surface area contributed by atoms with Gasteiger partial charge in [-0.25, -0.2) is 0 Å². The summed E-state index contributed by atoms with van der Waals surface area (Å²) in [6, 6.07) is 0. The number of amides is 1. The standard InChI is InChI=1S/C13H21NO/c1-3-10(2)12-6-7-14(9-12)13(15)8-11-4-5-11/h3,11-12H,4-9H2,1-2H3/b10-3+. The quantitative estimate of drug-likeness (QED) is 0.651. The number of likely N-dealkylation sites (tertiary alicyclic amines) is 1. The van der Waals surface area contributed by atoms with Crippen molar-refractivity contribution in [3.63, 3.8) is 0 Å². The van der Waals surface area contributed by atoms with E-state index < -0.39 is 0 Å². The smallest absolute Gasteiger partial charge is 0.222 e. The van der Waals surface area contributed by atoms with Crippen LogP contribution in [-0.4, -0.2) is 23.9 Å². The Bertz CT molecular complexity index is 278. The second kappa shape index (κ2) is 4.38. The maximum Gasteiger partial charge on any atom is 0.222 e. The predicted molar refractivity (Wildman–Crippen MR) is 61.5 cm³/mol. The summed E-state index contributed by atoms with van der Waals surface area (Å²) in [6.07, 6.45) is 6.70. The number of carbonyl (C=O) groups excluding carboxylic acids is 1. The van der Waals surface area contributed by atoms with Crippen LogP contribution in [0.5, 0.6) is 0 Å². The molecule has 1 saturated carbocycles. The minimum Gasteiger partial charge on any atom is -0.342 e. The first-order valence-corrected chi connectivity index (χ1v) is 6.11. The lowest BCUT2D eigenvalue weighted by Gasteiger charge is -2.16. The summed E-state index contributed by atoms with van der Waals surface area (Å²) in [5.74, 6) is 1.74. The first-order valence-electron chi connectivity index (χ1n) is 6.11. The van der Waals surface area contributed by atoms with Gasteiger partial charge in [0.25, 0.3) is 0 Å². The summed E-state index contributed by atoms with van der Waals surface area (Å²) >= 11 is 0. The van der Waals surface area contributed by atoms with E-state index in [9.17, 15) is 4.79 Å².